The van der Waals surface area contributed by atoms with E-state index >= 15 is 0 Å². The van der Waals surface area contributed by atoms with E-state index in [0.29, 0.717) is 0 Å². The number of halogens is 6. The third kappa shape index (κ3) is 276. The van der Waals surface area contributed by atoms with Crippen LogP contribution < -0.4 is 0 Å². The van der Waals surface area contributed by atoms with Gasteiger partial charge in [0.05, 0.1) is 0 Å². The summed E-state index contributed by atoms with van der Waals surface area (Å²) >= 11 is 0. The van der Waals surface area contributed by atoms with E-state index in [1.807, 2.05) is 26.7 Å². The minimum absolute atomic E-state index is 0. The van der Waals surface area contributed by atoms with Gasteiger partial charge in [-0.05, 0) is 32.1 Å². The molecule has 0 rings (SSSR count). The summed E-state index contributed by atoms with van der Waals surface area (Å²) in [6.07, 6.45) is 5.80. The fraction of sp³-hybridized carbons (Fsp3) is 0.200. The van der Waals surface area contributed by atoms with Gasteiger partial charge in [-0.15, -0.1) is 0 Å². The van der Waals surface area contributed by atoms with Gasteiger partial charge in [0.1, 0.15) is 0 Å². The largest absolute Gasteiger partial charge is 0.0617 e. The zero-order valence-electron chi connectivity index (χ0n) is 10.7. The van der Waals surface area contributed by atoms with Gasteiger partial charge < -0.3 is 0 Å². The molecule has 0 saturated carbocycles. The van der Waals surface area contributed by atoms with Crippen LogP contribution >= 0.6 is 7.81 Å². The molecule has 0 fully saturated rings. The van der Waals surface area contributed by atoms with Crippen molar-refractivity contribution in [3.8, 4) is 0 Å². The Bertz CT molecular complexity index is 246. The first-order valence-electron chi connectivity index (χ1n) is 4.02. The maximum absolute atomic E-state index is 10.7. The van der Waals surface area contributed by atoms with E-state index in [4.69, 9.17) is 14.0 Å². The summed E-state index contributed by atoms with van der Waals surface area (Å²) in [4.78, 5) is 0. The van der Waals surface area contributed by atoms with E-state index in [9.17, 15) is 25.2 Å². The average molecular weight is 380 g/mol. The maximum atomic E-state index is 9.87. The molecule has 21 heavy (non-hydrogen) atoms. The average Bonchev–Trinajstić information content (AvgIpc) is 2.33. The Morgan fingerprint density at radius 3 is 1.14 bits per heavy atom. The van der Waals surface area contributed by atoms with Crippen LogP contribution in [-0.2, 0) is 31.0 Å². The number of hydrogen-bond donors (Lipinski definition) is 0. The normalized spacial score (nSPS) is 11.4. The summed E-state index contributed by atoms with van der Waals surface area (Å²) in [6.45, 7) is 21.1. The van der Waals surface area contributed by atoms with Gasteiger partial charge in [0.25, 0.3) is 0 Å². The molecule has 0 aromatic carbocycles. The van der Waals surface area contributed by atoms with Gasteiger partial charge in [0.2, 0.25) is 0 Å². The first-order valence-corrected chi connectivity index (χ1v) is 6.05. The molecule has 125 valence electrons. The summed E-state index contributed by atoms with van der Waals surface area (Å²) in [5, 5.41) is 0. The minimum atomic E-state index is -10.7. The third-order valence-electron chi connectivity index (χ3n) is 0.836. The predicted octanol–water partition coefficient (Wildman–Crippen LogP) is 5.32. The Labute approximate surface area is 130 Å². The van der Waals surface area contributed by atoms with Gasteiger partial charge in [-0.25, -0.2) is 0 Å². The smallest absolute Gasteiger partial charge is 0 e. The van der Waals surface area contributed by atoms with E-state index in [0.717, 1.165) is 0 Å². The molecule has 3 nitrogen and oxygen atoms in total. The Hall–Kier alpha value is -0.251. The quantitative estimate of drug-likeness (QED) is 0.209. The summed E-state index contributed by atoms with van der Waals surface area (Å²) in [5.74, 6) is 1.26. The predicted molar refractivity (Wildman–Crippen MR) is 58.2 cm³/mol. The van der Waals surface area contributed by atoms with Crippen LogP contribution in [0.2, 0.25) is 0 Å². The van der Waals surface area contributed by atoms with Crippen LogP contribution in [0.4, 0.5) is 25.2 Å². The topological polar surface area (TPSA) is 59.7 Å². The standard InChI is InChI=1S/C7H11.3CO.F6P.Fe/c1-4-6-7(3)5-2;3*1-2;1-7(2,3,4,5)6;/h4-6H,1H2,2-3H3;;;;;/q;;;;-1;. The zero-order valence-corrected chi connectivity index (χ0v) is 12.7. The van der Waals surface area contributed by atoms with Crippen molar-refractivity contribution in [1.82, 2.24) is 0 Å². The fourth-order valence-electron chi connectivity index (χ4n) is 0.282. The zero-order chi connectivity index (χ0) is 18.1. The molecule has 0 aliphatic heterocycles. The molecular weight excluding hydrogens is 369 g/mol. The Balaban J connectivity index is -0.0000000381. The molecule has 0 unspecified atom stereocenters. The first kappa shape index (κ1) is 37.2. The Morgan fingerprint density at radius 1 is 0.905 bits per heavy atom. The molecule has 11 heteroatoms. The maximum Gasteiger partial charge on any atom is 0 e. The summed E-state index contributed by atoms with van der Waals surface area (Å²) < 4.78 is 81.7. The summed E-state index contributed by atoms with van der Waals surface area (Å²) in [7, 11) is -10.7. The minimum Gasteiger partial charge on any atom is -0.0617 e. The molecule has 0 aliphatic carbocycles. The van der Waals surface area contributed by atoms with Crippen LogP contribution in [-0.4, -0.2) is 0 Å². The van der Waals surface area contributed by atoms with E-state index in [1.165, 1.54) is 5.92 Å². The van der Waals surface area contributed by atoms with Crippen molar-refractivity contribution >= 4 is 7.81 Å². The van der Waals surface area contributed by atoms with Gasteiger partial charge in [-0.1, -0.05) is 13.8 Å². The fourth-order valence-corrected chi connectivity index (χ4v) is 0.282. The van der Waals surface area contributed by atoms with Crippen molar-refractivity contribution in [2.75, 3.05) is 0 Å². The van der Waals surface area contributed by atoms with Crippen molar-refractivity contribution in [3.05, 3.63) is 52.1 Å². The van der Waals surface area contributed by atoms with Gasteiger partial charge in [0.15, 0.2) is 0 Å². The van der Waals surface area contributed by atoms with Crippen LogP contribution in [0, 0.1) is 52.1 Å². The van der Waals surface area contributed by atoms with Gasteiger partial charge in [-0.2, -0.15) is 0 Å². The van der Waals surface area contributed by atoms with Crippen molar-refractivity contribution in [2.45, 2.75) is 13.8 Å². The summed E-state index contributed by atoms with van der Waals surface area (Å²) in [5.41, 5.74) is 0. The summed E-state index contributed by atoms with van der Waals surface area (Å²) in [6, 6.07) is 0. The molecule has 0 aliphatic rings. The Morgan fingerprint density at radius 2 is 1.10 bits per heavy atom. The molecule has 0 atom stereocenters. The monoisotopic (exact) mass is 380 g/mol. The van der Waals surface area contributed by atoms with E-state index in [2.05, 4.69) is 26.9 Å². The van der Waals surface area contributed by atoms with Gasteiger partial charge >= 0.3 is 66.9 Å². The van der Waals surface area contributed by atoms with Crippen LogP contribution in [0.15, 0.2) is 0 Å². The second kappa shape index (κ2) is 16.1. The van der Waals surface area contributed by atoms with E-state index in [1.54, 1.807) is 6.42 Å². The molecule has 0 amide bonds. The number of rotatable bonds is 3. The molecular formula is C10H11F6FeO3P-. The molecule has 0 saturated heterocycles. The Kier molecular flexibility index (Phi) is 28.6. The second-order valence-electron chi connectivity index (χ2n) is 2.39. The molecule has 0 aromatic rings. The van der Waals surface area contributed by atoms with Crippen LogP contribution in [0.5, 0.6) is 0 Å². The SMILES string of the molecule is F[P-](F)(F)(F)(F)F.[C-]#[O+].[C-]#[O+].[C-]#[O+].[CH2][CH][CH][C](C)[CH]C.[Fe]. The van der Waals surface area contributed by atoms with Crippen LogP contribution in [0.25, 0.3) is 0 Å². The molecule has 0 heterocycles. The van der Waals surface area contributed by atoms with Crippen LogP contribution in [0.1, 0.15) is 13.8 Å². The van der Waals surface area contributed by atoms with E-state index in [-0.39, 0.29) is 17.1 Å². The van der Waals surface area contributed by atoms with Gasteiger partial charge in [0, 0.05) is 17.1 Å². The van der Waals surface area contributed by atoms with Crippen molar-refractivity contribution in [1.29, 1.82) is 0 Å². The van der Waals surface area contributed by atoms with Crippen molar-refractivity contribution in [2.24, 2.45) is 0 Å². The molecule has 0 N–H and O–H groups in total. The first-order chi connectivity index (χ1) is 8.76. The van der Waals surface area contributed by atoms with Crippen molar-refractivity contribution < 1.29 is 56.2 Å². The molecule has 0 aromatic heterocycles. The molecule has 0 spiro atoms. The van der Waals surface area contributed by atoms with E-state index < -0.39 is 7.81 Å². The number of hydrogen-bond acceptors (Lipinski definition) is 0. The third-order valence-corrected chi connectivity index (χ3v) is 0.836. The van der Waals surface area contributed by atoms with Gasteiger partial charge in [-0.3, -0.25) is 0 Å². The van der Waals surface area contributed by atoms with Crippen molar-refractivity contribution in [3.63, 3.8) is 0 Å². The molecule has 5 radical (unpaired) electrons. The molecule has 0 bridgehead atoms. The second-order valence-corrected chi connectivity index (χ2v) is 4.31. The van der Waals surface area contributed by atoms with Crippen LogP contribution in [0.3, 0.4) is 0 Å².